The number of methoxy groups -OCH3 is 1. The molecule has 0 aliphatic carbocycles. The summed E-state index contributed by atoms with van der Waals surface area (Å²) in [6, 6.07) is 19.4. The second-order valence-corrected chi connectivity index (χ2v) is 6.42. The number of ether oxygens (including phenoxy) is 1. The molecule has 0 aliphatic heterocycles. The van der Waals surface area contributed by atoms with E-state index in [0.717, 1.165) is 22.0 Å². The predicted octanol–water partition coefficient (Wildman–Crippen LogP) is 3.23. The molecule has 0 spiro atoms. The van der Waals surface area contributed by atoms with E-state index in [1.165, 1.54) is 0 Å². The average Bonchev–Trinajstić information content (AvgIpc) is 3.10. The maximum Gasteiger partial charge on any atom is 0.262 e. The Morgan fingerprint density at radius 2 is 1.93 bits per heavy atom. The minimum absolute atomic E-state index is 0.0291. The average molecular weight is 384 g/mol. The van der Waals surface area contributed by atoms with Crippen LogP contribution in [0.15, 0.2) is 60.3 Å². The van der Waals surface area contributed by atoms with Crippen molar-refractivity contribution in [2.75, 3.05) is 20.3 Å². The van der Waals surface area contributed by atoms with Gasteiger partial charge in [-0.15, -0.1) is 0 Å². The molecule has 3 aromatic rings. The molecule has 0 unspecified atom stereocenters. The van der Waals surface area contributed by atoms with E-state index in [4.69, 9.17) is 4.74 Å². The Morgan fingerprint density at radius 3 is 2.69 bits per heavy atom. The Balaban J connectivity index is 1.99. The highest BCUT2D eigenvalue weighted by molar-refractivity contribution is 6.04. The smallest absolute Gasteiger partial charge is 0.262 e. The first-order valence-electron chi connectivity index (χ1n) is 9.12. The van der Waals surface area contributed by atoms with Gasteiger partial charge in [0.05, 0.1) is 18.2 Å². The number of fused-ring (bicyclic) bond motifs is 1. The molecule has 0 saturated carbocycles. The van der Waals surface area contributed by atoms with E-state index in [2.05, 4.69) is 11.4 Å². The van der Waals surface area contributed by atoms with Gasteiger partial charge in [0.2, 0.25) is 0 Å². The van der Waals surface area contributed by atoms with Crippen LogP contribution >= 0.6 is 0 Å². The summed E-state index contributed by atoms with van der Waals surface area (Å²) < 4.78 is 6.94. The van der Waals surface area contributed by atoms with Gasteiger partial charge in [-0.1, -0.05) is 36.4 Å². The quantitative estimate of drug-likeness (QED) is 0.385. The molecular formula is C23H20N4O2. The maximum absolute atomic E-state index is 12.3. The van der Waals surface area contributed by atoms with Crippen molar-refractivity contribution in [3.05, 3.63) is 77.0 Å². The number of hydrogen-bond acceptors (Lipinski definition) is 4. The van der Waals surface area contributed by atoms with Gasteiger partial charge in [-0.2, -0.15) is 10.5 Å². The topological polar surface area (TPSA) is 90.8 Å². The van der Waals surface area contributed by atoms with Gasteiger partial charge in [-0.25, -0.2) is 0 Å². The standard InChI is InChI=1S/C23H20N4O2/c1-29-11-10-26-23(28)19(14-25)12-20-16-27(22-9-5-4-8-21(20)22)15-18-7-3-2-6-17(18)13-24/h2-9,12,16H,10-11,15H2,1H3,(H,26,28)/b19-12+. The van der Waals surface area contributed by atoms with E-state index in [1.807, 2.05) is 59.3 Å². The molecule has 6 nitrogen and oxygen atoms in total. The molecule has 29 heavy (non-hydrogen) atoms. The van der Waals surface area contributed by atoms with Crippen LogP contribution in [0.25, 0.3) is 17.0 Å². The molecule has 0 atom stereocenters. The van der Waals surface area contributed by atoms with Crippen LogP contribution in [-0.2, 0) is 16.1 Å². The van der Waals surface area contributed by atoms with Gasteiger partial charge in [-0.05, 0) is 23.8 Å². The van der Waals surface area contributed by atoms with Crippen LogP contribution in [0.4, 0.5) is 0 Å². The molecule has 0 saturated heterocycles. The lowest BCUT2D eigenvalue weighted by Gasteiger charge is -2.07. The van der Waals surface area contributed by atoms with Gasteiger partial charge < -0.3 is 14.6 Å². The second-order valence-electron chi connectivity index (χ2n) is 6.42. The normalized spacial score (nSPS) is 11.1. The maximum atomic E-state index is 12.3. The van der Waals surface area contributed by atoms with Crippen LogP contribution in [-0.4, -0.2) is 30.7 Å². The van der Waals surface area contributed by atoms with E-state index in [9.17, 15) is 15.3 Å². The Hall–Kier alpha value is -3.87. The first-order valence-corrected chi connectivity index (χ1v) is 9.12. The number of hydrogen-bond donors (Lipinski definition) is 1. The van der Waals surface area contributed by atoms with Crippen molar-refractivity contribution in [3.8, 4) is 12.1 Å². The molecule has 1 N–H and O–H groups in total. The zero-order valence-corrected chi connectivity index (χ0v) is 16.1. The number of amides is 1. The number of nitrogens with zero attached hydrogens (tertiary/aromatic N) is 3. The summed E-state index contributed by atoms with van der Waals surface area (Å²) in [5, 5.41) is 22.4. The van der Waals surface area contributed by atoms with Crippen molar-refractivity contribution < 1.29 is 9.53 Å². The predicted molar refractivity (Wildman–Crippen MR) is 111 cm³/mol. The third-order valence-corrected chi connectivity index (χ3v) is 4.55. The van der Waals surface area contributed by atoms with Crippen molar-refractivity contribution in [1.82, 2.24) is 9.88 Å². The summed E-state index contributed by atoms with van der Waals surface area (Å²) in [5.41, 5.74) is 3.29. The Kier molecular flexibility index (Phi) is 6.42. The molecule has 144 valence electrons. The molecule has 1 heterocycles. The Bertz CT molecular complexity index is 1150. The lowest BCUT2D eigenvalue weighted by atomic mass is 10.1. The minimum Gasteiger partial charge on any atom is -0.383 e. The van der Waals surface area contributed by atoms with Crippen molar-refractivity contribution in [3.63, 3.8) is 0 Å². The lowest BCUT2D eigenvalue weighted by Crippen LogP contribution is -2.27. The lowest BCUT2D eigenvalue weighted by molar-refractivity contribution is -0.117. The molecule has 0 radical (unpaired) electrons. The number of rotatable bonds is 7. The second kappa shape index (κ2) is 9.36. The molecule has 1 amide bonds. The van der Waals surface area contributed by atoms with Crippen molar-refractivity contribution in [1.29, 1.82) is 10.5 Å². The monoisotopic (exact) mass is 384 g/mol. The summed E-state index contributed by atoms with van der Waals surface area (Å²) in [4.78, 5) is 12.3. The molecule has 0 fully saturated rings. The van der Waals surface area contributed by atoms with Crippen molar-refractivity contribution in [2.24, 2.45) is 0 Å². The summed E-state index contributed by atoms with van der Waals surface area (Å²) in [6.45, 7) is 1.23. The zero-order valence-electron chi connectivity index (χ0n) is 16.1. The van der Waals surface area contributed by atoms with Gasteiger partial charge in [0.1, 0.15) is 11.6 Å². The number of nitrogens with one attached hydrogen (secondary N) is 1. The molecule has 2 aromatic carbocycles. The van der Waals surface area contributed by atoms with Crippen LogP contribution in [0.1, 0.15) is 16.7 Å². The zero-order chi connectivity index (χ0) is 20.6. The van der Waals surface area contributed by atoms with E-state index in [-0.39, 0.29) is 5.57 Å². The number of carbonyl (C=O) groups excluding carboxylic acids is 1. The number of nitriles is 2. The summed E-state index contributed by atoms with van der Waals surface area (Å²) >= 11 is 0. The number of para-hydroxylation sites is 1. The third-order valence-electron chi connectivity index (χ3n) is 4.55. The van der Waals surface area contributed by atoms with Crippen LogP contribution in [0.5, 0.6) is 0 Å². The summed E-state index contributed by atoms with van der Waals surface area (Å²) in [6.07, 6.45) is 3.50. The van der Waals surface area contributed by atoms with Crippen LogP contribution in [0.2, 0.25) is 0 Å². The van der Waals surface area contributed by atoms with Gasteiger partial charge in [0, 0.05) is 42.9 Å². The van der Waals surface area contributed by atoms with E-state index in [1.54, 1.807) is 19.3 Å². The minimum atomic E-state index is -0.434. The first kappa shape index (κ1) is 19.9. The van der Waals surface area contributed by atoms with Gasteiger partial charge in [0.15, 0.2) is 0 Å². The summed E-state index contributed by atoms with van der Waals surface area (Å²) in [7, 11) is 1.55. The largest absolute Gasteiger partial charge is 0.383 e. The van der Waals surface area contributed by atoms with Gasteiger partial charge in [-0.3, -0.25) is 4.79 Å². The van der Waals surface area contributed by atoms with E-state index < -0.39 is 5.91 Å². The summed E-state index contributed by atoms with van der Waals surface area (Å²) in [5.74, 6) is -0.434. The third kappa shape index (κ3) is 4.52. The fourth-order valence-corrected chi connectivity index (χ4v) is 3.14. The number of benzene rings is 2. The van der Waals surface area contributed by atoms with E-state index >= 15 is 0 Å². The number of carbonyl (C=O) groups is 1. The number of aromatic nitrogens is 1. The van der Waals surface area contributed by atoms with Gasteiger partial charge >= 0.3 is 0 Å². The molecular weight excluding hydrogens is 364 g/mol. The highest BCUT2D eigenvalue weighted by atomic mass is 16.5. The highest BCUT2D eigenvalue weighted by Crippen LogP contribution is 2.25. The molecule has 0 aliphatic rings. The first-order chi connectivity index (χ1) is 14.2. The Labute approximate surface area is 169 Å². The fraction of sp³-hybridized carbons (Fsp3) is 0.174. The van der Waals surface area contributed by atoms with Crippen molar-refractivity contribution >= 4 is 22.9 Å². The molecule has 1 aromatic heterocycles. The fourth-order valence-electron chi connectivity index (χ4n) is 3.14. The Morgan fingerprint density at radius 1 is 1.17 bits per heavy atom. The highest BCUT2D eigenvalue weighted by Gasteiger charge is 2.13. The van der Waals surface area contributed by atoms with Crippen molar-refractivity contribution in [2.45, 2.75) is 6.54 Å². The van der Waals surface area contributed by atoms with Crippen LogP contribution in [0.3, 0.4) is 0 Å². The van der Waals surface area contributed by atoms with Crippen LogP contribution in [0, 0.1) is 22.7 Å². The SMILES string of the molecule is COCCNC(=O)/C(C#N)=C/c1cn(Cc2ccccc2C#N)c2ccccc12. The van der Waals surface area contributed by atoms with Gasteiger partial charge in [0.25, 0.3) is 5.91 Å². The molecule has 0 bridgehead atoms. The molecule has 6 heteroatoms. The van der Waals surface area contributed by atoms with Crippen LogP contribution < -0.4 is 5.32 Å². The van der Waals surface area contributed by atoms with E-state index in [0.29, 0.717) is 25.3 Å². The molecule has 3 rings (SSSR count).